The van der Waals surface area contributed by atoms with Gasteiger partial charge in [0.2, 0.25) is 0 Å². The SMILES string of the molecule is COc1ccc2c(c1)[C@H](NC(=O)c1ccc(CN3CCC[C@@H](C)C3)cc1)CC(C)(C)O2. The van der Waals surface area contributed by atoms with Gasteiger partial charge in [-0.05, 0) is 75.0 Å². The van der Waals surface area contributed by atoms with Gasteiger partial charge in [-0.2, -0.15) is 0 Å². The van der Waals surface area contributed by atoms with Gasteiger partial charge in [0, 0.05) is 30.6 Å². The fraction of sp³-hybridized carbons (Fsp3) is 0.500. The van der Waals surface area contributed by atoms with Gasteiger partial charge >= 0.3 is 0 Å². The Labute approximate surface area is 185 Å². The number of carbonyl (C=O) groups is 1. The highest BCUT2D eigenvalue weighted by atomic mass is 16.5. The number of benzene rings is 2. The fourth-order valence-corrected chi connectivity index (χ4v) is 4.78. The molecule has 0 bridgehead atoms. The van der Waals surface area contributed by atoms with E-state index in [-0.39, 0.29) is 17.6 Å². The smallest absolute Gasteiger partial charge is 0.251 e. The highest BCUT2D eigenvalue weighted by Crippen LogP contribution is 2.41. The van der Waals surface area contributed by atoms with Gasteiger partial charge in [0.25, 0.3) is 5.91 Å². The zero-order valence-corrected chi connectivity index (χ0v) is 19.1. The van der Waals surface area contributed by atoms with Crippen molar-refractivity contribution in [2.24, 2.45) is 5.92 Å². The lowest BCUT2D eigenvalue weighted by molar-refractivity contribution is 0.0618. The second kappa shape index (κ2) is 8.91. The van der Waals surface area contributed by atoms with Crippen LogP contribution >= 0.6 is 0 Å². The predicted molar refractivity (Wildman–Crippen MR) is 123 cm³/mol. The Balaban J connectivity index is 1.45. The minimum Gasteiger partial charge on any atom is -0.497 e. The molecule has 5 heteroatoms. The maximum Gasteiger partial charge on any atom is 0.251 e. The molecule has 0 radical (unpaired) electrons. The summed E-state index contributed by atoms with van der Waals surface area (Å²) in [5, 5.41) is 3.22. The molecule has 1 amide bonds. The second-order valence-electron chi connectivity index (χ2n) is 9.68. The van der Waals surface area contributed by atoms with E-state index in [0.717, 1.165) is 42.6 Å². The van der Waals surface area contributed by atoms with Crippen molar-refractivity contribution < 1.29 is 14.3 Å². The van der Waals surface area contributed by atoms with Crippen LogP contribution in [-0.4, -0.2) is 36.6 Å². The standard InChI is InChI=1S/C26H34N2O3/c1-18-6-5-13-28(16-18)17-19-7-9-20(10-8-19)25(29)27-23-15-26(2,3)31-24-12-11-21(30-4)14-22(23)24/h7-12,14,18,23H,5-6,13,15-17H2,1-4H3,(H,27,29)/t18-,23-/m1/s1. The number of likely N-dealkylation sites (tertiary alicyclic amines) is 1. The van der Waals surface area contributed by atoms with Gasteiger partial charge in [0.1, 0.15) is 17.1 Å². The van der Waals surface area contributed by atoms with Crippen LogP contribution in [0.2, 0.25) is 0 Å². The molecule has 0 aromatic heterocycles. The summed E-state index contributed by atoms with van der Waals surface area (Å²) in [5.74, 6) is 2.27. The number of ether oxygens (including phenoxy) is 2. The molecule has 5 nitrogen and oxygen atoms in total. The van der Waals surface area contributed by atoms with Gasteiger partial charge in [-0.15, -0.1) is 0 Å². The lowest BCUT2D eigenvalue weighted by Crippen LogP contribution is -2.41. The van der Waals surface area contributed by atoms with E-state index in [1.54, 1.807) is 7.11 Å². The first kappa shape index (κ1) is 21.7. The predicted octanol–water partition coefficient (Wildman–Crippen LogP) is 4.96. The highest BCUT2D eigenvalue weighted by molar-refractivity contribution is 5.94. The zero-order valence-electron chi connectivity index (χ0n) is 19.1. The summed E-state index contributed by atoms with van der Waals surface area (Å²) in [6, 6.07) is 13.7. The molecule has 0 spiro atoms. The van der Waals surface area contributed by atoms with E-state index in [2.05, 4.69) is 43.1 Å². The van der Waals surface area contributed by atoms with Crippen LogP contribution in [0, 0.1) is 5.92 Å². The van der Waals surface area contributed by atoms with Crippen LogP contribution in [0.15, 0.2) is 42.5 Å². The number of nitrogens with one attached hydrogen (secondary N) is 1. The molecule has 31 heavy (non-hydrogen) atoms. The van der Waals surface area contributed by atoms with E-state index in [9.17, 15) is 4.79 Å². The van der Waals surface area contributed by atoms with E-state index in [1.807, 2.05) is 30.3 Å². The molecule has 2 aliphatic rings. The van der Waals surface area contributed by atoms with Crippen LogP contribution < -0.4 is 14.8 Å². The Morgan fingerprint density at radius 1 is 1.23 bits per heavy atom. The molecule has 2 aromatic rings. The first-order valence-electron chi connectivity index (χ1n) is 11.3. The maximum absolute atomic E-state index is 13.0. The van der Waals surface area contributed by atoms with E-state index < -0.39 is 0 Å². The first-order valence-corrected chi connectivity index (χ1v) is 11.3. The Hall–Kier alpha value is -2.53. The Bertz CT molecular complexity index is 923. The van der Waals surface area contributed by atoms with E-state index in [0.29, 0.717) is 12.0 Å². The lowest BCUT2D eigenvalue weighted by atomic mass is 9.89. The van der Waals surface area contributed by atoms with E-state index >= 15 is 0 Å². The number of carbonyl (C=O) groups excluding carboxylic acids is 1. The molecule has 1 fully saturated rings. The monoisotopic (exact) mass is 422 g/mol. The number of nitrogens with zero attached hydrogens (tertiary/aromatic N) is 1. The van der Waals surface area contributed by atoms with Crippen LogP contribution in [0.3, 0.4) is 0 Å². The van der Waals surface area contributed by atoms with Crippen molar-refractivity contribution in [1.82, 2.24) is 10.2 Å². The van der Waals surface area contributed by atoms with Crippen molar-refractivity contribution in [3.8, 4) is 11.5 Å². The van der Waals surface area contributed by atoms with Crippen molar-refractivity contribution in [2.45, 2.75) is 58.2 Å². The van der Waals surface area contributed by atoms with Gasteiger partial charge in [-0.1, -0.05) is 19.1 Å². The van der Waals surface area contributed by atoms with E-state index in [4.69, 9.17) is 9.47 Å². The van der Waals surface area contributed by atoms with Crippen LogP contribution in [0.1, 0.15) is 67.6 Å². The normalized spacial score (nSPS) is 22.8. The molecule has 2 aromatic carbocycles. The molecular weight excluding hydrogens is 388 g/mol. The van der Waals surface area contributed by atoms with Gasteiger partial charge in [0.15, 0.2) is 0 Å². The average Bonchev–Trinajstić information content (AvgIpc) is 2.73. The highest BCUT2D eigenvalue weighted by Gasteiger charge is 2.35. The quantitative estimate of drug-likeness (QED) is 0.740. The minimum absolute atomic E-state index is 0.0605. The van der Waals surface area contributed by atoms with Gasteiger partial charge < -0.3 is 14.8 Å². The topological polar surface area (TPSA) is 50.8 Å². The second-order valence-corrected chi connectivity index (χ2v) is 9.68. The molecule has 4 rings (SSSR count). The molecule has 0 aliphatic carbocycles. The molecule has 2 aliphatic heterocycles. The number of hydrogen-bond acceptors (Lipinski definition) is 4. The average molecular weight is 423 g/mol. The summed E-state index contributed by atoms with van der Waals surface area (Å²) >= 11 is 0. The Kier molecular flexibility index (Phi) is 6.24. The maximum atomic E-state index is 13.0. The fourth-order valence-electron chi connectivity index (χ4n) is 4.78. The van der Waals surface area contributed by atoms with Crippen molar-refractivity contribution in [3.63, 3.8) is 0 Å². The number of hydrogen-bond donors (Lipinski definition) is 1. The van der Waals surface area contributed by atoms with Crippen LogP contribution in [0.4, 0.5) is 0 Å². The van der Waals surface area contributed by atoms with Gasteiger partial charge in [-0.3, -0.25) is 9.69 Å². The number of fused-ring (bicyclic) bond motifs is 1. The number of amides is 1. The number of rotatable bonds is 5. The summed E-state index contributed by atoms with van der Waals surface area (Å²) in [6.07, 6.45) is 3.30. The molecule has 1 N–H and O–H groups in total. The third-order valence-electron chi connectivity index (χ3n) is 6.34. The largest absolute Gasteiger partial charge is 0.497 e. The molecule has 166 valence electrons. The Morgan fingerprint density at radius 2 is 2.00 bits per heavy atom. The summed E-state index contributed by atoms with van der Waals surface area (Å²) in [6.45, 7) is 9.70. The summed E-state index contributed by atoms with van der Waals surface area (Å²) in [7, 11) is 1.65. The van der Waals surface area contributed by atoms with Gasteiger partial charge in [0.05, 0.1) is 13.2 Å². The van der Waals surface area contributed by atoms with Crippen LogP contribution in [-0.2, 0) is 6.54 Å². The van der Waals surface area contributed by atoms with Gasteiger partial charge in [-0.25, -0.2) is 0 Å². The molecular formula is C26H34N2O3. The number of piperidine rings is 1. The van der Waals surface area contributed by atoms with E-state index in [1.165, 1.54) is 18.4 Å². The summed E-state index contributed by atoms with van der Waals surface area (Å²) in [5.41, 5.74) is 2.55. The van der Waals surface area contributed by atoms with Crippen LogP contribution in [0.5, 0.6) is 11.5 Å². The molecule has 2 atom stereocenters. The van der Waals surface area contributed by atoms with Crippen molar-refractivity contribution >= 4 is 5.91 Å². The zero-order chi connectivity index (χ0) is 22.0. The van der Waals surface area contributed by atoms with Crippen molar-refractivity contribution in [3.05, 3.63) is 59.2 Å². The lowest BCUT2D eigenvalue weighted by Gasteiger charge is -2.38. The van der Waals surface area contributed by atoms with Crippen LogP contribution in [0.25, 0.3) is 0 Å². The Morgan fingerprint density at radius 3 is 2.71 bits per heavy atom. The van der Waals surface area contributed by atoms with Crippen molar-refractivity contribution in [2.75, 3.05) is 20.2 Å². The summed E-state index contributed by atoms with van der Waals surface area (Å²) < 4.78 is 11.5. The molecule has 2 heterocycles. The molecule has 0 saturated carbocycles. The number of methoxy groups -OCH3 is 1. The minimum atomic E-state index is -0.352. The molecule has 0 unspecified atom stereocenters. The summed E-state index contributed by atoms with van der Waals surface area (Å²) in [4.78, 5) is 15.6. The molecule has 1 saturated heterocycles. The third-order valence-corrected chi connectivity index (χ3v) is 6.34. The first-order chi connectivity index (χ1) is 14.8. The third kappa shape index (κ3) is 5.21. The van der Waals surface area contributed by atoms with Crippen molar-refractivity contribution in [1.29, 1.82) is 0 Å².